The van der Waals surface area contributed by atoms with E-state index < -0.39 is 0 Å². The van der Waals surface area contributed by atoms with E-state index >= 15 is 0 Å². The summed E-state index contributed by atoms with van der Waals surface area (Å²) in [5.41, 5.74) is 7.35. The highest BCUT2D eigenvalue weighted by atomic mass is 35.5. The standard InChI is InChI=1S/C25H21Cl2N5OS/c1-16-3-7-18(8-4-16)24-30-31-25(32(24)21-11-5-17(2)6-12-21)34-15-23(33)29-28-14-19-9-10-20(26)13-22(19)27/h3-14H,15H2,1-2H3,(H,29,33)/b28-14-. The minimum absolute atomic E-state index is 0.115. The molecule has 0 aliphatic carbocycles. The summed E-state index contributed by atoms with van der Waals surface area (Å²) in [6.07, 6.45) is 1.48. The zero-order valence-electron chi connectivity index (χ0n) is 18.5. The molecule has 0 unspecified atom stereocenters. The van der Waals surface area contributed by atoms with Gasteiger partial charge in [0.1, 0.15) is 0 Å². The van der Waals surface area contributed by atoms with E-state index in [1.165, 1.54) is 18.0 Å². The summed E-state index contributed by atoms with van der Waals surface area (Å²) in [4.78, 5) is 12.4. The first-order chi connectivity index (χ1) is 16.4. The zero-order chi connectivity index (χ0) is 24.1. The lowest BCUT2D eigenvalue weighted by atomic mass is 10.1. The Hall–Kier alpha value is -3.13. The number of hydrogen-bond donors (Lipinski definition) is 1. The number of aromatic nitrogens is 3. The van der Waals surface area contributed by atoms with Crippen LogP contribution in [0.2, 0.25) is 10.0 Å². The summed E-state index contributed by atoms with van der Waals surface area (Å²) >= 11 is 13.3. The molecule has 0 saturated heterocycles. The molecule has 172 valence electrons. The molecule has 0 aliphatic heterocycles. The first-order valence-corrected chi connectivity index (χ1v) is 12.1. The Morgan fingerprint density at radius 1 is 1.00 bits per heavy atom. The Balaban J connectivity index is 1.51. The molecule has 0 bridgehead atoms. The predicted molar refractivity (Wildman–Crippen MR) is 139 cm³/mol. The van der Waals surface area contributed by atoms with Gasteiger partial charge in [-0.3, -0.25) is 9.36 Å². The van der Waals surface area contributed by atoms with Crippen LogP contribution >= 0.6 is 35.0 Å². The van der Waals surface area contributed by atoms with Gasteiger partial charge in [-0.2, -0.15) is 5.10 Å². The number of aryl methyl sites for hydroxylation is 2. The number of thioether (sulfide) groups is 1. The smallest absolute Gasteiger partial charge is 0.250 e. The number of amides is 1. The van der Waals surface area contributed by atoms with Crippen molar-refractivity contribution in [2.75, 3.05) is 5.75 Å². The van der Waals surface area contributed by atoms with Crippen LogP contribution in [-0.4, -0.2) is 32.6 Å². The van der Waals surface area contributed by atoms with E-state index in [0.29, 0.717) is 26.6 Å². The normalized spacial score (nSPS) is 11.2. The SMILES string of the molecule is Cc1ccc(-c2nnc(SCC(=O)N/N=C\c3ccc(Cl)cc3Cl)n2-c2ccc(C)cc2)cc1. The van der Waals surface area contributed by atoms with E-state index in [1.807, 2.05) is 66.9 Å². The van der Waals surface area contributed by atoms with E-state index in [9.17, 15) is 4.79 Å². The minimum Gasteiger partial charge on any atom is -0.272 e. The van der Waals surface area contributed by atoms with Gasteiger partial charge >= 0.3 is 0 Å². The van der Waals surface area contributed by atoms with E-state index in [4.69, 9.17) is 23.2 Å². The first kappa shape index (κ1) is 24.0. The molecule has 0 saturated carbocycles. The summed E-state index contributed by atoms with van der Waals surface area (Å²) in [6, 6.07) is 21.2. The Kier molecular flexibility index (Phi) is 7.67. The van der Waals surface area contributed by atoms with Crippen LogP contribution in [0.25, 0.3) is 17.1 Å². The fourth-order valence-electron chi connectivity index (χ4n) is 3.12. The van der Waals surface area contributed by atoms with Crippen molar-refractivity contribution in [2.45, 2.75) is 19.0 Å². The summed E-state index contributed by atoms with van der Waals surface area (Å²) in [6.45, 7) is 4.08. The van der Waals surface area contributed by atoms with Gasteiger partial charge in [-0.1, -0.05) is 88.6 Å². The molecule has 6 nitrogen and oxygen atoms in total. The lowest BCUT2D eigenvalue weighted by molar-refractivity contribution is -0.118. The molecule has 0 radical (unpaired) electrons. The second-order valence-electron chi connectivity index (χ2n) is 7.59. The minimum atomic E-state index is -0.276. The quantitative estimate of drug-likeness (QED) is 0.185. The van der Waals surface area contributed by atoms with Crippen LogP contribution in [0.15, 0.2) is 77.0 Å². The van der Waals surface area contributed by atoms with Crippen molar-refractivity contribution in [2.24, 2.45) is 5.10 Å². The average molecular weight is 510 g/mol. The molecule has 3 aromatic carbocycles. The summed E-state index contributed by atoms with van der Waals surface area (Å²) < 4.78 is 1.96. The Morgan fingerprint density at radius 2 is 1.68 bits per heavy atom. The van der Waals surface area contributed by atoms with Gasteiger partial charge in [0.05, 0.1) is 17.0 Å². The van der Waals surface area contributed by atoms with Crippen LogP contribution in [0, 0.1) is 13.8 Å². The van der Waals surface area contributed by atoms with Crippen molar-refractivity contribution in [3.63, 3.8) is 0 Å². The van der Waals surface area contributed by atoms with Crippen LogP contribution in [-0.2, 0) is 4.79 Å². The van der Waals surface area contributed by atoms with Crippen LogP contribution in [0.4, 0.5) is 0 Å². The fourth-order valence-corrected chi connectivity index (χ4v) is 4.32. The van der Waals surface area contributed by atoms with Gasteiger partial charge in [0, 0.05) is 21.8 Å². The van der Waals surface area contributed by atoms with Crippen molar-refractivity contribution < 1.29 is 4.79 Å². The van der Waals surface area contributed by atoms with Gasteiger partial charge in [0.2, 0.25) is 0 Å². The largest absolute Gasteiger partial charge is 0.272 e. The van der Waals surface area contributed by atoms with Crippen molar-refractivity contribution in [3.05, 3.63) is 93.5 Å². The summed E-state index contributed by atoms with van der Waals surface area (Å²) in [5, 5.41) is 14.4. The number of nitrogens with zero attached hydrogens (tertiary/aromatic N) is 4. The van der Waals surface area contributed by atoms with Crippen LogP contribution in [0.1, 0.15) is 16.7 Å². The van der Waals surface area contributed by atoms with Gasteiger partial charge in [-0.05, 0) is 38.1 Å². The van der Waals surface area contributed by atoms with Gasteiger partial charge in [0.25, 0.3) is 5.91 Å². The van der Waals surface area contributed by atoms with Crippen LogP contribution < -0.4 is 5.43 Å². The molecule has 0 fully saturated rings. The van der Waals surface area contributed by atoms with Crippen molar-refractivity contribution >= 4 is 47.1 Å². The van der Waals surface area contributed by atoms with Crippen LogP contribution in [0.3, 0.4) is 0 Å². The monoisotopic (exact) mass is 509 g/mol. The molecule has 0 aliphatic rings. The Labute approximate surface area is 212 Å². The third-order valence-electron chi connectivity index (χ3n) is 4.92. The average Bonchev–Trinajstić information content (AvgIpc) is 3.24. The maximum Gasteiger partial charge on any atom is 0.250 e. The molecule has 0 atom stereocenters. The van der Waals surface area contributed by atoms with E-state index in [0.717, 1.165) is 22.4 Å². The second kappa shape index (κ2) is 10.9. The second-order valence-corrected chi connectivity index (χ2v) is 9.38. The third-order valence-corrected chi connectivity index (χ3v) is 6.41. The number of rotatable bonds is 7. The number of hydrazone groups is 1. The van der Waals surface area contributed by atoms with E-state index in [1.54, 1.807) is 18.2 Å². The number of carbonyl (C=O) groups excluding carboxylic acids is 1. The van der Waals surface area contributed by atoms with Gasteiger partial charge in [0.15, 0.2) is 11.0 Å². The molecule has 34 heavy (non-hydrogen) atoms. The fraction of sp³-hybridized carbons (Fsp3) is 0.120. The molecule has 4 rings (SSSR count). The van der Waals surface area contributed by atoms with E-state index in [-0.39, 0.29) is 11.7 Å². The number of halogens is 2. The molecule has 0 spiro atoms. The van der Waals surface area contributed by atoms with Gasteiger partial charge in [-0.15, -0.1) is 10.2 Å². The molecular formula is C25H21Cl2N5OS. The van der Waals surface area contributed by atoms with Gasteiger partial charge in [-0.25, -0.2) is 5.43 Å². The predicted octanol–water partition coefficient (Wildman–Crippen LogP) is 6.10. The molecule has 9 heteroatoms. The first-order valence-electron chi connectivity index (χ1n) is 10.4. The molecule has 1 N–H and O–H groups in total. The lowest BCUT2D eigenvalue weighted by Gasteiger charge is -2.11. The highest BCUT2D eigenvalue weighted by Crippen LogP contribution is 2.28. The van der Waals surface area contributed by atoms with Gasteiger partial charge < -0.3 is 0 Å². The molecule has 1 aromatic heterocycles. The lowest BCUT2D eigenvalue weighted by Crippen LogP contribution is -2.20. The van der Waals surface area contributed by atoms with Crippen LogP contribution in [0.5, 0.6) is 0 Å². The molecule has 4 aromatic rings. The number of hydrogen-bond acceptors (Lipinski definition) is 5. The highest BCUT2D eigenvalue weighted by Gasteiger charge is 2.17. The van der Waals surface area contributed by atoms with Crippen molar-refractivity contribution in [1.82, 2.24) is 20.2 Å². The summed E-state index contributed by atoms with van der Waals surface area (Å²) in [5.74, 6) is 0.549. The number of carbonyl (C=O) groups is 1. The zero-order valence-corrected chi connectivity index (χ0v) is 20.8. The van der Waals surface area contributed by atoms with Crippen molar-refractivity contribution in [3.8, 4) is 17.1 Å². The molecule has 1 heterocycles. The molecule has 1 amide bonds. The highest BCUT2D eigenvalue weighted by molar-refractivity contribution is 7.99. The van der Waals surface area contributed by atoms with E-state index in [2.05, 4.69) is 20.7 Å². The Morgan fingerprint density at radius 3 is 2.35 bits per heavy atom. The summed E-state index contributed by atoms with van der Waals surface area (Å²) in [7, 11) is 0. The maximum atomic E-state index is 12.4. The van der Waals surface area contributed by atoms with Crippen molar-refractivity contribution in [1.29, 1.82) is 0 Å². The number of benzene rings is 3. The maximum absolute atomic E-state index is 12.4. The molecular weight excluding hydrogens is 489 g/mol. The topological polar surface area (TPSA) is 72.2 Å². The number of nitrogens with one attached hydrogen (secondary N) is 1. The third kappa shape index (κ3) is 5.86. The Bertz CT molecular complexity index is 1330.